The van der Waals surface area contributed by atoms with E-state index in [0.29, 0.717) is 0 Å². The van der Waals surface area contributed by atoms with Crippen LogP contribution in [0.4, 0.5) is 111 Å². The molecule has 0 saturated carbocycles. The van der Waals surface area contributed by atoms with E-state index >= 15 is 0 Å². The molecular formula is C34H22F20N10Re2-4. The summed E-state index contributed by atoms with van der Waals surface area (Å²) >= 11 is 0. The van der Waals surface area contributed by atoms with Crippen LogP contribution in [0.1, 0.15) is 0 Å². The van der Waals surface area contributed by atoms with Gasteiger partial charge in [-0.15, -0.1) is 26.2 Å². The van der Waals surface area contributed by atoms with Crippen molar-refractivity contribution in [1.29, 1.82) is 21.6 Å². The Labute approximate surface area is 385 Å². The normalized spacial score (nSPS) is 10.4. The Morgan fingerprint density at radius 2 is 0.364 bits per heavy atom. The van der Waals surface area contributed by atoms with E-state index in [4.69, 9.17) is 21.6 Å². The van der Waals surface area contributed by atoms with E-state index in [9.17, 15) is 87.8 Å². The Hall–Kier alpha value is -5.24. The number of hydrogen-bond donors (Lipinski definition) is 0. The molecule has 0 heterocycles. The van der Waals surface area contributed by atoms with E-state index in [0.717, 1.165) is 0 Å². The van der Waals surface area contributed by atoms with Gasteiger partial charge < -0.3 is 31.1 Å². The molecule has 0 atom stereocenters. The molecule has 2 radical (unpaired) electrons. The van der Waals surface area contributed by atoms with E-state index in [-0.39, 0.29) is 67.0 Å². The molecule has 66 heavy (non-hydrogen) atoms. The summed E-state index contributed by atoms with van der Waals surface area (Å²) in [6, 6.07) is 0. The quantitative estimate of drug-likeness (QED) is 0.0470. The third-order valence-electron chi connectivity index (χ3n) is 7.75. The van der Waals surface area contributed by atoms with Crippen molar-refractivity contribution in [3.05, 3.63) is 138 Å². The molecule has 0 aliphatic rings. The second kappa shape index (κ2) is 28.7. The van der Waals surface area contributed by atoms with E-state index in [1.165, 1.54) is 23.9 Å². The predicted molar refractivity (Wildman–Crippen MR) is 178 cm³/mol. The van der Waals surface area contributed by atoms with Crippen LogP contribution in [0.5, 0.6) is 0 Å². The summed E-state index contributed by atoms with van der Waals surface area (Å²) in [4.78, 5) is 2.65. The Kier molecular flexibility index (Phi) is 27.4. The molecular weight excluding hydrogens is 1300 g/mol. The topological polar surface area (TPSA) is 158 Å². The molecule has 32 heteroatoms. The minimum absolute atomic E-state index is 0. The second-order valence-corrected chi connectivity index (χ2v) is 11.8. The zero-order valence-corrected chi connectivity index (χ0v) is 37.9. The van der Waals surface area contributed by atoms with Crippen LogP contribution in [0.25, 0.3) is 21.3 Å². The van der Waals surface area contributed by atoms with E-state index in [1.807, 2.05) is 0 Å². The van der Waals surface area contributed by atoms with Gasteiger partial charge in [-0.2, -0.15) is 0 Å². The number of nitrogens with zero attached hydrogens (tertiary/aromatic N) is 10. The molecule has 0 aliphatic heterocycles. The molecule has 0 aliphatic carbocycles. The molecule has 0 aromatic heterocycles. The van der Waals surface area contributed by atoms with Crippen molar-refractivity contribution in [2.45, 2.75) is 0 Å². The smallest absolute Gasteiger partial charge is 0.200 e. The van der Waals surface area contributed by atoms with E-state index < -0.39 is 165 Å². The molecule has 0 fully saturated rings. The first-order chi connectivity index (χ1) is 30.0. The Balaban J connectivity index is 0. The molecule has 10 nitrogen and oxygen atoms in total. The monoisotopic (exact) mass is 1320 g/mol. The van der Waals surface area contributed by atoms with Gasteiger partial charge in [0.05, 0.1) is 0 Å². The average molecular weight is 1320 g/mol. The van der Waals surface area contributed by atoms with Crippen LogP contribution >= 0.6 is 0 Å². The minimum Gasteiger partial charge on any atom is -0.678 e. The Morgan fingerprint density at radius 3 is 0.485 bits per heavy atom. The zero-order chi connectivity index (χ0) is 49.5. The van der Waals surface area contributed by atoms with Crippen LogP contribution in [0.2, 0.25) is 0 Å². The van der Waals surface area contributed by atoms with Crippen LogP contribution in [-0.4, -0.2) is 76.3 Å². The van der Waals surface area contributed by atoms with Gasteiger partial charge in [-0.05, 0) is 40.3 Å². The first-order valence-electron chi connectivity index (χ1n) is 16.5. The van der Waals surface area contributed by atoms with Crippen molar-refractivity contribution < 1.29 is 129 Å². The molecule has 0 saturated heterocycles. The van der Waals surface area contributed by atoms with E-state index in [1.54, 1.807) is 0 Å². The molecule has 0 bridgehead atoms. The third kappa shape index (κ3) is 14.9. The van der Waals surface area contributed by atoms with Gasteiger partial charge in [0, 0.05) is 62.4 Å². The third-order valence-corrected chi connectivity index (χ3v) is 7.75. The van der Waals surface area contributed by atoms with E-state index in [2.05, 4.69) is 21.3 Å². The summed E-state index contributed by atoms with van der Waals surface area (Å²) in [5, 5.41) is 37.2. The fraction of sp³-hybridized carbons (Fsp3) is 0.294. The number of rotatable bonds is 16. The van der Waals surface area contributed by atoms with Gasteiger partial charge in [0.25, 0.3) is 0 Å². The molecule has 4 rings (SSSR count). The summed E-state index contributed by atoms with van der Waals surface area (Å²) in [6.07, 6.45) is 0. The fourth-order valence-corrected chi connectivity index (χ4v) is 4.48. The Morgan fingerprint density at radius 1 is 0.258 bits per heavy atom. The Bertz CT molecular complexity index is 1900. The summed E-state index contributed by atoms with van der Waals surface area (Å²) in [6.45, 7) is -2.21. The van der Waals surface area contributed by atoms with Gasteiger partial charge in [0.15, 0.2) is 69.8 Å². The molecule has 0 amide bonds. The van der Waals surface area contributed by atoms with Crippen LogP contribution in [0.15, 0.2) is 0 Å². The molecule has 0 unspecified atom stereocenters. The van der Waals surface area contributed by atoms with Crippen molar-refractivity contribution >= 4 is 22.7 Å². The summed E-state index contributed by atoms with van der Waals surface area (Å²) in [5.41, 5.74) is -5.42. The standard InChI is InChI=1S/2C17H11F10N3.2N2.2Re/c2*1-30(4-2-28-16-12(24)8(20)6(18)9(21)13(16)25)5-3-29-17-14(26)10(22)7(19)11(23)15(17)27;2*1-2;;/h2*2-5H2,1H3;;;;/q2*-2;;;;. The van der Waals surface area contributed by atoms with Crippen molar-refractivity contribution in [2.24, 2.45) is 0 Å². The average Bonchev–Trinajstić information content (AvgIpc) is 3.29. The number of hydrogen-bond acceptors (Lipinski definition) is 6. The maximum absolute atomic E-state index is 13.5. The van der Waals surface area contributed by atoms with Crippen molar-refractivity contribution in [3.8, 4) is 0 Å². The number of likely N-dealkylation sites (N-methyl/N-ethyl adjacent to an activating group) is 2. The minimum atomic E-state index is -2.32. The van der Waals surface area contributed by atoms with Crippen molar-refractivity contribution in [1.82, 2.24) is 9.80 Å². The molecule has 366 valence electrons. The number of benzene rings is 4. The molecule has 4 aromatic rings. The second-order valence-electron chi connectivity index (χ2n) is 11.8. The van der Waals surface area contributed by atoms with Crippen LogP contribution in [-0.2, 0) is 40.8 Å². The van der Waals surface area contributed by atoms with Crippen LogP contribution < -0.4 is 0 Å². The maximum Gasteiger partial charge on any atom is 0.200 e. The van der Waals surface area contributed by atoms with Gasteiger partial charge in [-0.25, -0.2) is 87.8 Å². The summed E-state index contributed by atoms with van der Waals surface area (Å²) in [7, 11) is 2.75. The van der Waals surface area contributed by atoms with Crippen LogP contribution in [0.3, 0.4) is 0 Å². The zero-order valence-electron chi connectivity index (χ0n) is 32.4. The number of halogens is 20. The van der Waals surface area contributed by atoms with Gasteiger partial charge in [-0.1, -0.05) is 22.7 Å². The van der Waals surface area contributed by atoms with Crippen LogP contribution in [0, 0.1) is 138 Å². The summed E-state index contributed by atoms with van der Waals surface area (Å²) < 4.78 is 264. The van der Waals surface area contributed by atoms with Gasteiger partial charge >= 0.3 is 0 Å². The maximum atomic E-state index is 13.5. The fourth-order valence-electron chi connectivity index (χ4n) is 4.48. The molecule has 0 spiro atoms. The van der Waals surface area contributed by atoms with Crippen molar-refractivity contribution in [2.75, 3.05) is 66.5 Å². The molecule has 0 N–H and O–H groups in total. The van der Waals surface area contributed by atoms with Gasteiger partial charge in [0.2, 0.25) is 0 Å². The first kappa shape index (κ1) is 62.9. The van der Waals surface area contributed by atoms with Gasteiger partial charge in [-0.3, -0.25) is 0 Å². The predicted octanol–water partition coefficient (Wildman–Crippen LogP) is 11.5. The van der Waals surface area contributed by atoms with Gasteiger partial charge in [0.1, 0.15) is 46.5 Å². The molecule has 4 aromatic carbocycles. The first-order valence-corrected chi connectivity index (χ1v) is 16.5. The SMILES string of the molecule is CN(CC[N-]c1c(F)c(F)c(F)c(F)c1F)CC[N-]c1c(F)c(F)c(F)c(F)c1F.CN(CC[N-]c1c(F)c(F)c(F)c(F)c1F)CC[N-]c1c(F)c(F)c(F)c(F)c1F.N#N.N#N.[Re].[Re]. The summed E-state index contributed by atoms with van der Waals surface area (Å²) in [5.74, 6) is -43.3. The largest absolute Gasteiger partial charge is 0.678 e. The van der Waals surface area contributed by atoms with Crippen molar-refractivity contribution in [3.63, 3.8) is 0 Å².